The molecule has 7 heteroatoms. The highest BCUT2D eigenvalue weighted by atomic mass is 32.1. The molecule has 28 heavy (non-hydrogen) atoms. The molecule has 144 valence electrons. The predicted molar refractivity (Wildman–Crippen MR) is 119 cm³/mol. The maximum atomic E-state index is 12.5. The van der Waals surface area contributed by atoms with Crippen LogP contribution in [0.4, 0.5) is 10.7 Å². The van der Waals surface area contributed by atoms with Gasteiger partial charge in [0.25, 0.3) is 0 Å². The maximum absolute atomic E-state index is 12.5. The van der Waals surface area contributed by atoms with E-state index in [1.54, 1.807) is 7.11 Å². The van der Waals surface area contributed by atoms with Crippen LogP contribution in [0.15, 0.2) is 54.6 Å². The van der Waals surface area contributed by atoms with Crippen LogP contribution in [0.1, 0.15) is 15.2 Å². The lowest BCUT2D eigenvalue weighted by atomic mass is 10.0. The number of nitrogens with one attached hydrogen (secondary N) is 2. The first-order valence-corrected chi connectivity index (χ1v) is 9.75. The van der Waals surface area contributed by atoms with Gasteiger partial charge in [0, 0.05) is 22.2 Å². The predicted octanol–water partition coefficient (Wildman–Crippen LogP) is 5.33. The van der Waals surface area contributed by atoms with Gasteiger partial charge in [0.1, 0.15) is 16.3 Å². The first kappa shape index (κ1) is 19.9. The molecular weight excluding hydrogens is 392 g/mol. The van der Waals surface area contributed by atoms with Crippen molar-refractivity contribution in [3.05, 3.63) is 65.0 Å². The molecule has 1 aromatic heterocycles. The van der Waals surface area contributed by atoms with Crippen LogP contribution in [0.5, 0.6) is 5.75 Å². The fourth-order valence-electron chi connectivity index (χ4n) is 2.85. The SMILES string of the molecule is COC(=O)c1c(NC(=S)Nc2cccc(OC)c2)sc(C)c1-c1ccccc1. The normalized spacial score (nSPS) is 10.2. The molecule has 0 fully saturated rings. The fourth-order valence-corrected chi connectivity index (χ4v) is 4.20. The lowest BCUT2D eigenvalue weighted by Gasteiger charge is -2.12. The van der Waals surface area contributed by atoms with E-state index >= 15 is 0 Å². The maximum Gasteiger partial charge on any atom is 0.341 e. The van der Waals surface area contributed by atoms with Gasteiger partial charge in [-0.25, -0.2) is 4.79 Å². The molecule has 0 saturated heterocycles. The van der Waals surface area contributed by atoms with Crippen molar-refractivity contribution in [3.8, 4) is 16.9 Å². The second kappa shape index (κ2) is 8.86. The van der Waals surface area contributed by atoms with Gasteiger partial charge in [-0.2, -0.15) is 0 Å². The Hall–Kier alpha value is -2.90. The molecule has 0 saturated carbocycles. The molecule has 0 unspecified atom stereocenters. The fraction of sp³-hybridized carbons (Fsp3) is 0.143. The molecule has 3 aromatic rings. The molecule has 0 aliphatic heterocycles. The summed E-state index contributed by atoms with van der Waals surface area (Å²) < 4.78 is 10.3. The smallest absolute Gasteiger partial charge is 0.341 e. The minimum Gasteiger partial charge on any atom is -0.497 e. The lowest BCUT2D eigenvalue weighted by Crippen LogP contribution is -2.20. The Bertz CT molecular complexity index is 1000. The van der Waals surface area contributed by atoms with E-state index in [9.17, 15) is 4.79 Å². The summed E-state index contributed by atoms with van der Waals surface area (Å²) >= 11 is 6.90. The van der Waals surface area contributed by atoms with Gasteiger partial charge in [0.05, 0.1) is 14.2 Å². The van der Waals surface area contributed by atoms with E-state index in [1.165, 1.54) is 18.4 Å². The number of rotatable bonds is 5. The Morgan fingerprint density at radius 2 is 1.79 bits per heavy atom. The number of thiocarbonyl (C=S) groups is 1. The van der Waals surface area contributed by atoms with Crippen molar-refractivity contribution in [2.24, 2.45) is 0 Å². The second-order valence-electron chi connectivity index (χ2n) is 5.91. The molecule has 2 N–H and O–H groups in total. The Kier molecular flexibility index (Phi) is 6.28. The van der Waals surface area contributed by atoms with Crippen LogP contribution >= 0.6 is 23.6 Å². The van der Waals surface area contributed by atoms with E-state index in [4.69, 9.17) is 21.7 Å². The zero-order valence-electron chi connectivity index (χ0n) is 15.7. The van der Waals surface area contributed by atoms with Crippen LogP contribution in [0.3, 0.4) is 0 Å². The third-order valence-electron chi connectivity index (χ3n) is 4.09. The van der Waals surface area contributed by atoms with Crippen LogP contribution < -0.4 is 15.4 Å². The minimum atomic E-state index is -0.408. The largest absolute Gasteiger partial charge is 0.497 e. The van der Waals surface area contributed by atoms with Crippen LogP contribution in [-0.2, 0) is 4.74 Å². The number of anilines is 2. The average Bonchev–Trinajstić information content (AvgIpc) is 3.03. The monoisotopic (exact) mass is 412 g/mol. The average molecular weight is 413 g/mol. The zero-order chi connectivity index (χ0) is 20.1. The molecule has 3 rings (SSSR count). The van der Waals surface area contributed by atoms with Gasteiger partial charge >= 0.3 is 5.97 Å². The Morgan fingerprint density at radius 3 is 2.46 bits per heavy atom. The molecule has 0 atom stereocenters. The first-order chi connectivity index (χ1) is 13.5. The second-order valence-corrected chi connectivity index (χ2v) is 7.54. The van der Waals surface area contributed by atoms with Crippen LogP contribution in [-0.4, -0.2) is 25.3 Å². The zero-order valence-corrected chi connectivity index (χ0v) is 17.4. The van der Waals surface area contributed by atoms with E-state index < -0.39 is 5.97 Å². The Morgan fingerprint density at radius 1 is 1.04 bits per heavy atom. The topological polar surface area (TPSA) is 59.6 Å². The van der Waals surface area contributed by atoms with E-state index in [1.807, 2.05) is 61.5 Å². The third-order valence-corrected chi connectivity index (χ3v) is 5.32. The van der Waals surface area contributed by atoms with Crippen LogP contribution in [0.2, 0.25) is 0 Å². The van der Waals surface area contributed by atoms with Crippen molar-refractivity contribution in [2.75, 3.05) is 24.9 Å². The highest BCUT2D eigenvalue weighted by Gasteiger charge is 2.24. The minimum absolute atomic E-state index is 0.374. The number of carbonyl (C=O) groups is 1. The molecule has 0 radical (unpaired) electrons. The number of aryl methyl sites for hydroxylation is 1. The molecule has 0 amide bonds. The molecular formula is C21H20N2O3S2. The number of carbonyl (C=O) groups excluding carboxylic acids is 1. The summed E-state index contributed by atoms with van der Waals surface area (Å²) in [5, 5.41) is 7.27. The summed E-state index contributed by atoms with van der Waals surface area (Å²) in [4.78, 5) is 13.5. The summed E-state index contributed by atoms with van der Waals surface area (Å²) in [5.41, 5.74) is 3.07. The van der Waals surface area contributed by atoms with Crippen molar-refractivity contribution in [1.82, 2.24) is 0 Å². The van der Waals surface area contributed by atoms with Crippen LogP contribution in [0, 0.1) is 6.92 Å². The number of benzene rings is 2. The molecule has 0 aliphatic carbocycles. The van der Waals surface area contributed by atoms with Gasteiger partial charge in [0.2, 0.25) is 0 Å². The van der Waals surface area contributed by atoms with Gasteiger partial charge < -0.3 is 20.1 Å². The van der Waals surface area contributed by atoms with Crippen molar-refractivity contribution in [1.29, 1.82) is 0 Å². The van der Waals surface area contributed by atoms with Crippen molar-refractivity contribution >= 4 is 45.3 Å². The molecule has 0 bridgehead atoms. The number of hydrogen-bond donors (Lipinski definition) is 2. The van der Waals surface area contributed by atoms with Gasteiger partial charge in [-0.05, 0) is 36.8 Å². The lowest BCUT2D eigenvalue weighted by molar-refractivity contribution is 0.0603. The highest BCUT2D eigenvalue weighted by Crippen LogP contribution is 2.40. The van der Waals surface area contributed by atoms with E-state index in [0.29, 0.717) is 15.7 Å². The number of methoxy groups -OCH3 is 2. The summed E-state index contributed by atoms with van der Waals surface area (Å²) in [5.74, 6) is 0.316. The highest BCUT2D eigenvalue weighted by molar-refractivity contribution is 7.80. The number of ether oxygens (including phenoxy) is 2. The van der Waals surface area contributed by atoms with Crippen molar-refractivity contribution in [2.45, 2.75) is 6.92 Å². The Labute approximate surface area is 173 Å². The van der Waals surface area contributed by atoms with Gasteiger partial charge in [-0.3, -0.25) is 0 Å². The quantitative estimate of drug-likeness (QED) is 0.436. The summed E-state index contributed by atoms with van der Waals surface area (Å²) in [6.07, 6.45) is 0. The van der Waals surface area contributed by atoms with Gasteiger partial charge in [-0.1, -0.05) is 36.4 Å². The van der Waals surface area contributed by atoms with Gasteiger partial charge in [-0.15, -0.1) is 11.3 Å². The standard InChI is InChI=1S/C21H20N2O3S2/c1-13-17(14-8-5-4-6-9-14)18(20(24)26-3)19(28-13)23-21(27)22-15-10-7-11-16(12-15)25-2/h4-12H,1-3H3,(H2,22,23,27). The van der Waals surface area contributed by atoms with E-state index in [-0.39, 0.29) is 0 Å². The number of hydrogen-bond acceptors (Lipinski definition) is 5. The summed E-state index contributed by atoms with van der Waals surface area (Å²) in [7, 11) is 2.98. The van der Waals surface area contributed by atoms with Crippen molar-refractivity contribution < 1.29 is 14.3 Å². The molecule has 0 aliphatic rings. The summed E-state index contributed by atoms with van der Waals surface area (Å²) in [6, 6.07) is 17.2. The van der Waals surface area contributed by atoms with E-state index in [2.05, 4.69) is 10.6 Å². The van der Waals surface area contributed by atoms with Crippen LogP contribution in [0.25, 0.3) is 11.1 Å². The molecule has 0 spiro atoms. The molecule has 1 heterocycles. The van der Waals surface area contributed by atoms with E-state index in [0.717, 1.165) is 27.4 Å². The Balaban J connectivity index is 1.91. The number of esters is 1. The molecule has 2 aromatic carbocycles. The van der Waals surface area contributed by atoms with Crippen molar-refractivity contribution in [3.63, 3.8) is 0 Å². The summed E-state index contributed by atoms with van der Waals surface area (Å²) in [6.45, 7) is 1.98. The first-order valence-electron chi connectivity index (χ1n) is 8.52. The molecule has 5 nitrogen and oxygen atoms in total. The van der Waals surface area contributed by atoms with Gasteiger partial charge in [0.15, 0.2) is 5.11 Å². The number of thiophene rings is 1. The third kappa shape index (κ3) is 4.32.